The number of nitrogens with one attached hydrogen (secondary N) is 2. The fourth-order valence-electron chi connectivity index (χ4n) is 3.08. The number of benzene rings is 1. The molecule has 1 aliphatic heterocycles. The van der Waals surface area contributed by atoms with E-state index in [9.17, 15) is 9.59 Å². The third kappa shape index (κ3) is 4.83. The molecule has 10 nitrogen and oxygen atoms in total. The first-order valence-electron chi connectivity index (χ1n) is 10.1. The monoisotopic (exact) mass is 454 g/mol. The molecule has 0 unspecified atom stereocenters. The number of amides is 3. The third-order valence-electron chi connectivity index (χ3n) is 4.66. The Labute approximate surface area is 188 Å². The van der Waals surface area contributed by atoms with Gasteiger partial charge in [0.25, 0.3) is 0 Å². The Morgan fingerprint density at radius 1 is 1.12 bits per heavy atom. The van der Waals surface area contributed by atoms with Crippen molar-refractivity contribution in [2.75, 3.05) is 18.5 Å². The second-order valence-electron chi connectivity index (χ2n) is 6.85. The molecule has 4 rings (SSSR count). The van der Waals surface area contributed by atoms with Crippen molar-refractivity contribution in [1.82, 2.24) is 25.1 Å². The fourth-order valence-corrected chi connectivity index (χ4v) is 4.00. The molecule has 32 heavy (non-hydrogen) atoms. The van der Waals surface area contributed by atoms with Gasteiger partial charge in [0.1, 0.15) is 13.2 Å². The van der Waals surface area contributed by atoms with Crippen LogP contribution in [0.1, 0.15) is 13.8 Å². The summed E-state index contributed by atoms with van der Waals surface area (Å²) in [5.41, 5.74) is 1.38. The van der Waals surface area contributed by atoms with E-state index in [1.807, 2.05) is 23.6 Å². The van der Waals surface area contributed by atoms with Crippen LogP contribution in [0.5, 0.6) is 11.5 Å². The van der Waals surface area contributed by atoms with Crippen molar-refractivity contribution in [3.63, 3.8) is 0 Å². The van der Waals surface area contributed by atoms with Crippen molar-refractivity contribution in [2.24, 2.45) is 0 Å². The van der Waals surface area contributed by atoms with E-state index in [-0.39, 0.29) is 0 Å². The lowest BCUT2D eigenvalue weighted by molar-refractivity contribution is -0.119. The van der Waals surface area contributed by atoms with Gasteiger partial charge in [0.05, 0.1) is 5.25 Å². The second kappa shape index (κ2) is 9.69. The molecule has 2 N–H and O–H groups in total. The van der Waals surface area contributed by atoms with Gasteiger partial charge in [-0.3, -0.25) is 15.1 Å². The number of ether oxygens (including phenoxy) is 2. The zero-order valence-corrected chi connectivity index (χ0v) is 18.4. The topological polar surface area (TPSA) is 120 Å². The highest BCUT2D eigenvalue weighted by Crippen LogP contribution is 2.32. The molecule has 3 aromatic rings. The lowest BCUT2D eigenvalue weighted by atomic mass is 10.2. The maximum atomic E-state index is 12.6. The molecule has 0 saturated carbocycles. The number of carbonyl (C=O) groups excluding carboxylic acids is 2. The van der Waals surface area contributed by atoms with Gasteiger partial charge >= 0.3 is 6.03 Å². The summed E-state index contributed by atoms with van der Waals surface area (Å²) in [6, 6.07) is 8.11. The normalized spacial score (nSPS) is 13.3. The van der Waals surface area contributed by atoms with Crippen LogP contribution in [0.25, 0.3) is 11.4 Å². The number of thioether (sulfide) groups is 1. The molecule has 0 aliphatic carbocycles. The second-order valence-corrected chi connectivity index (χ2v) is 8.16. The highest BCUT2D eigenvalue weighted by Gasteiger charge is 2.22. The van der Waals surface area contributed by atoms with Gasteiger partial charge in [-0.05, 0) is 38.1 Å². The minimum atomic E-state index is -0.631. The molecule has 1 atom stereocenters. The molecule has 11 heteroatoms. The van der Waals surface area contributed by atoms with Crippen LogP contribution >= 0.6 is 11.8 Å². The van der Waals surface area contributed by atoms with Crippen molar-refractivity contribution >= 4 is 29.4 Å². The number of carbonyl (C=O) groups is 2. The van der Waals surface area contributed by atoms with E-state index >= 15 is 0 Å². The van der Waals surface area contributed by atoms with Crippen molar-refractivity contribution < 1.29 is 19.1 Å². The number of fused-ring (bicyclic) bond motifs is 1. The minimum Gasteiger partial charge on any atom is -0.486 e. The molecule has 0 saturated heterocycles. The maximum Gasteiger partial charge on any atom is 0.325 e. The Morgan fingerprint density at radius 2 is 1.88 bits per heavy atom. The van der Waals surface area contributed by atoms with E-state index in [2.05, 4.69) is 25.8 Å². The van der Waals surface area contributed by atoms with Crippen LogP contribution in [0, 0.1) is 0 Å². The van der Waals surface area contributed by atoms with Gasteiger partial charge in [0, 0.05) is 36.3 Å². The number of anilines is 1. The third-order valence-corrected chi connectivity index (χ3v) is 5.74. The number of pyridine rings is 1. The van der Waals surface area contributed by atoms with Crippen molar-refractivity contribution in [3.8, 4) is 22.9 Å². The van der Waals surface area contributed by atoms with Gasteiger partial charge in [-0.1, -0.05) is 11.8 Å². The van der Waals surface area contributed by atoms with Gasteiger partial charge in [-0.2, -0.15) is 0 Å². The molecule has 166 valence electrons. The summed E-state index contributed by atoms with van der Waals surface area (Å²) in [7, 11) is 0. The Kier molecular flexibility index (Phi) is 6.55. The maximum absolute atomic E-state index is 12.6. The van der Waals surface area contributed by atoms with E-state index < -0.39 is 17.2 Å². The Hall–Kier alpha value is -3.60. The van der Waals surface area contributed by atoms with Crippen molar-refractivity contribution in [2.45, 2.75) is 30.8 Å². The molecular weight excluding hydrogens is 432 g/mol. The molecular formula is C21H22N6O4S. The molecule has 0 bridgehead atoms. The summed E-state index contributed by atoms with van der Waals surface area (Å²) in [6.07, 6.45) is 3.38. The van der Waals surface area contributed by atoms with Crippen LogP contribution in [0.3, 0.4) is 0 Å². The molecule has 0 radical (unpaired) electrons. The Morgan fingerprint density at radius 3 is 2.62 bits per heavy atom. The minimum absolute atomic E-state index is 0.443. The zero-order chi connectivity index (χ0) is 22.5. The van der Waals surface area contributed by atoms with Gasteiger partial charge in [0.2, 0.25) is 5.91 Å². The standard InChI is InChI=1S/C21H22N6O4S/c1-3-27-18(14-6-8-22-9-7-14)25-26-21(27)32-13(2)19(28)24-20(29)23-15-4-5-16-17(12-15)31-11-10-30-16/h4-9,12-13H,3,10-11H2,1-2H3,(H2,23,24,28,29)/t13-/m0/s1. The van der Waals surface area contributed by atoms with Gasteiger partial charge in [-0.15, -0.1) is 10.2 Å². The van der Waals surface area contributed by atoms with Crippen LogP contribution in [-0.4, -0.2) is 50.2 Å². The van der Waals surface area contributed by atoms with E-state index in [1.54, 1.807) is 37.5 Å². The average Bonchev–Trinajstić information content (AvgIpc) is 3.21. The smallest absolute Gasteiger partial charge is 0.325 e. The van der Waals surface area contributed by atoms with E-state index in [1.165, 1.54) is 11.8 Å². The number of hydrogen-bond acceptors (Lipinski definition) is 8. The summed E-state index contributed by atoms with van der Waals surface area (Å²) in [4.78, 5) is 28.9. The number of urea groups is 1. The Balaban J connectivity index is 1.37. The predicted molar refractivity (Wildman–Crippen MR) is 119 cm³/mol. The quantitative estimate of drug-likeness (QED) is 0.546. The number of rotatable bonds is 6. The van der Waals surface area contributed by atoms with Crippen LogP contribution in [0.4, 0.5) is 10.5 Å². The molecule has 3 amide bonds. The number of aromatic nitrogens is 4. The van der Waals surface area contributed by atoms with Crippen LogP contribution in [0.2, 0.25) is 0 Å². The lowest BCUT2D eigenvalue weighted by Gasteiger charge is -2.19. The fraction of sp³-hybridized carbons (Fsp3) is 0.286. The number of hydrogen-bond donors (Lipinski definition) is 2. The van der Waals surface area contributed by atoms with Crippen molar-refractivity contribution in [3.05, 3.63) is 42.7 Å². The van der Waals surface area contributed by atoms with Crippen LogP contribution in [-0.2, 0) is 11.3 Å². The highest BCUT2D eigenvalue weighted by atomic mass is 32.2. The largest absolute Gasteiger partial charge is 0.486 e. The van der Waals surface area contributed by atoms with Gasteiger partial charge in [-0.25, -0.2) is 4.79 Å². The first-order chi connectivity index (χ1) is 15.5. The zero-order valence-electron chi connectivity index (χ0n) is 17.6. The highest BCUT2D eigenvalue weighted by molar-refractivity contribution is 8.00. The van der Waals surface area contributed by atoms with Crippen LogP contribution in [0.15, 0.2) is 47.9 Å². The lowest BCUT2D eigenvalue weighted by Crippen LogP contribution is -2.39. The molecule has 0 fully saturated rings. The number of imide groups is 1. The van der Waals surface area contributed by atoms with Gasteiger partial charge < -0.3 is 19.4 Å². The SMILES string of the molecule is CCn1c(S[C@@H](C)C(=O)NC(=O)Nc2ccc3c(c2)OCCO3)nnc1-c1ccncc1. The summed E-state index contributed by atoms with van der Waals surface area (Å²) in [5.74, 6) is 1.42. The molecule has 2 aromatic heterocycles. The number of nitrogens with zero attached hydrogens (tertiary/aromatic N) is 4. The van der Waals surface area contributed by atoms with E-state index in [4.69, 9.17) is 9.47 Å². The molecule has 3 heterocycles. The first-order valence-corrected chi connectivity index (χ1v) is 10.9. The summed E-state index contributed by atoms with van der Waals surface area (Å²) < 4.78 is 12.9. The molecule has 0 spiro atoms. The summed E-state index contributed by atoms with van der Waals surface area (Å²) in [5, 5.41) is 13.5. The van der Waals surface area contributed by atoms with Gasteiger partial charge in [0.15, 0.2) is 22.5 Å². The first kappa shape index (κ1) is 21.6. The summed E-state index contributed by atoms with van der Waals surface area (Å²) >= 11 is 1.23. The van der Waals surface area contributed by atoms with Crippen LogP contribution < -0.4 is 20.1 Å². The molecule has 1 aliphatic rings. The average molecular weight is 455 g/mol. The predicted octanol–water partition coefficient (Wildman–Crippen LogP) is 2.96. The van der Waals surface area contributed by atoms with Crippen molar-refractivity contribution in [1.29, 1.82) is 0 Å². The van der Waals surface area contributed by atoms with E-state index in [0.717, 1.165) is 5.56 Å². The Bertz CT molecular complexity index is 1120. The van der Waals surface area contributed by atoms with E-state index in [0.29, 0.717) is 47.9 Å². The summed E-state index contributed by atoms with van der Waals surface area (Å²) in [6.45, 7) is 5.25. The molecule has 1 aromatic carbocycles.